The van der Waals surface area contributed by atoms with Crippen LogP contribution in [-0.2, 0) is 6.54 Å². The van der Waals surface area contributed by atoms with E-state index in [1.165, 1.54) is 18.2 Å². The fraction of sp³-hybridized carbons (Fsp3) is 0.111. The number of aromatic nitrogens is 1. The van der Waals surface area contributed by atoms with Crippen LogP contribution in [-0.4, -0.2) is 22.0 Å². The third kappa shape index (κ3) is 5.99. The van der Waals surface area contributed by atoms with Crippen LogP contribution in [0.4, 0.5) is 8.78 Å². The van der Waals surface area contributed by atoms with Gasteiger partial charge in [-0.05, 0) is 47.0 Å². The maximum Gasteiger partial charge on any atom is 0.274 e. The van der Waals surface area contributed by atoms with Crippen LogP contribution in [0.25, 0.3) is 22.4 Å². The quantitative estimate of drug-likeness (QED) is 0.212. The number of H-pyrrole nitrogens is 1. The van der Waals surface area contributed by atoms with Crippen molar-refractivity contribution in [3.63, 3.8) is 0 Å². The molecule has 180 valence electrons. The van der Waals surface area contributed by atoms with Crippen LogP contribution < -0.4 is 10.8 Å². The second-order valence-electron chi connectivity index (χ2n) is 7.29. The van der Waals surface area contributed by atoms with E-state index in [2.05, 4.69) is 10.3 Å². The van der Waals surface area contributed by atoms with Gasteiger partial charge in [0.05, 0.1) is 0 Å². The Bertz CT molecular complexity index is 1300. The molecule has 35 heavy (non-hydrogen) atoms. The zero-order valence-electron chi connectivity index (χ0n) is 19.2. The molecule has 4 N–H and O–H groups in total. The van der Waals surface area contributed by atoms with Gasteiger partial charge in [0.2, 0.25) is 0 Å². The van der Waals surface area contributed by atoms with Gasteiger partial charge in [-0.25, -0.2) is 14.3 Å². The second-order valence-corrected chi connectivity index (χ2v) is 7.29. The summed E-state index contributed by atoms with van der Waals surface area (Å²) in [5.74, 6) is -3.05. The van der Waals surface area contributed by atoms with Gasteiger partial charge in [-0.15, -0.1) is 0 Å². The van der Waals surface area contributed by atoms with Crippen LogP contribution in [0.1, 0.15) is 40.3 Å². The summed E-state index contributed by atoms with van der Waals surface area (Å²) >= 11 is 0. The third-order valence-electron chi connectivity index (χ3n) is 5.13. The summed E-state index contributed by atoms with van der Waals surface area (Å²) in [5.41, 5.74) is 5.03. The number of amides is 2. The molecule has 2 amide bonds. The van der Waals surface area contributed by atoms with E-state index in [-0.39, 0.29) is 17.8 Å². The molecule has 0 saturated carbocycles. The SMILES string of the molecule is CC.O=C(NO)c1ccc(CNC(=O)c2[nH]c(-c3ccccc3)cc2-c2ccc(F)c(F)c2)cc1. The predicted molar refractivity (Wildman–Crippen MR) is 130 cm³/mol. The minimum atomic E-state index is -1.01. The molecule has 0 saturated heterocycles. The minimum Gasteiger partial charge on any atom is -0.350 e. The van der Waals surface area contributed by atoms with E-state index in [1.807, 2.05) is 44.2 Å². The van der Waals surface area contributed by atoms with Crippen molar-refractivity contribution in [1.29, 1.82) is 0 Å². The zero-order valence-corrected chi connectivity index (χ0v) is 19.2. The fourth-order valence-corrected chi connectivity index (χ4v) is 3.41. The van der Waals surface area contributed by atoms with E-state index in [9.17, 15) is 18.4 Å². The average molecular weight is 478 g/mol. The molecule has 4 aromatic rings. The first kappa shape index (κ1) is 25.3. The smallest absolute Gasteiger partial charge is 0.274 e. The van der Waals surface area contributed by atoms with E-state index in [0.717, 1.165) is 23.3 Å². The predicted octanol–water partition coefficient (Wildman–Crippen LogP) is 5.70. The maximum absolute atomic E-state index is 13.9. The number of carbonyl (C=O) groups is 2. The van der Waals surface area contributed by atoms with Crippen molar-refractivity contribution in [2.45, 2.75) is 20.4 Å². The van der Waals surface area contributed by atoms with Crippen LogP contribution >= 0.6 is 0 Å². The molecule has 0 fully saturated rings. The summed E-state index contributed by atoms with van der Waals surface area (Å²) < 4.78 is 27.3. The van der Waals surface area contributed by atoms with Gasteiger partial charge >= 0.3 is 0 Å². The lowest BCUT2D eigenvalue weighted by molar-refractivity contribution is 0.0706. The van der Waals surface area contributed by atoms with E-state index < -0.39 is 23.4 Å². The Morgan fingerprint density at radius 2 is 1.51 bits per heavy atom. The molecule has 0 aliphatic carbocycles. The van der Waals surface area contributed by atoms with Gasteiger partial charge < -0.3 is 10.3 Å². The number of nitrogens with one attached hydrogen (secondary N) is 3. The largest absolute Gasteiger partial charge is 0.350 e. The van der Waals surface area contributed by atoms with E-state index in [1.54, 1.807) is 23.7 Å². The Morgan fingerprint density at radius 3 is 2.14 bits per heavy atom. The number of hydroxylamine groups is 1. The maximum atomic E-state index is 13.9. The first-order valence-electron chi connectivity index (χ1n) is 11.0. The Kier molecular flexibility index (Phi) is 8.48. The van der Waals surface area contributed by atoms with Crippen LogP contribution in [0.3, 0.4) is 0 Å². The van der Waals surface area contributed by atoms with Crippen LogP contribution in [0.15, 0.2) is 78.9 Å². The average Bonchev–Trinajstić information content (AvgIpc) is 3.36. The van der Waals surface area contributed by atoms with Gasteiger partial charge in [0.15, 0.2) is 11.6 Å². The second kappa shape index (κ2) is 11.7. The third-order valence-corrected chi connectivity index (χ3v) is 5.13. The Labute approximate surface area is 201 Å². The summed E-state index contributed by atoms with van der Waals surface area (Å²) in [5, 5.41) is 11.5. The molecule has 0 aliphatic heterocycles. The lowest BCUT2D eigenvalue weighted by atomic mass is 10.0. The van der Waals surface area contributed by atoms with E-state index in [0.29, 0.717) is 16.8 Å². The lowest BCUT2D eigenvalue weighted by Gasteiger charge is -2.08. The zero-order chi connectivity index (χ0) is 25.4. The number of carbonyl (C=O) groups excluding carboxylic acids is 2. The summed E-state index contributed by atoms with van der Waals surface area (Å²) in [6.07, 6.45) is 0. The van der Waals surface area contributed by atoms with Crippen molar-refractivity contribution in [2.24, 2.45) is 0 Å². The van der Waals surface area contributed by atoms with Gasteiger partial charge in [-0.3, -0.25) is 14.8 Å². The molecular weight excluding hydrogens is 452 g/mol. The molecule has 8 heteroatoms. The summed E-state index contributed by atoms with van der Waals surface area (Å²) in [6.45, 7) is 4.16. The molecule has 4 rings (SSSR count). The highest BCUT2D eigenvalue weighted by Crippen LogP contribution is 2.30. The van der Waals surface area contributed by atoms with Crippen LogP contribution in [0.5, 0.6) is 0 Å². The molecule has 1 heterocycles. The van der Waals surface area contributed by atoms with Crippen LogP contribution in [0.2, 0.25) is 0 Å². The molecule has 0 aliphatic rings. The van der Waals surface area contributed by atoms with Crippen molar-refractivity contribution in [3.05, 3.63) is 107 Å². The fourth-order valence-electron chi connectivity index (χ4n) is 3.41. The van der Waals surface area contributed by atoms with Crippen molar-refractivity contribution >= 4 is 11.8 Å². The lowest BCUT2D eigenvalue weighted by Crippen LogP contribution is -2.24. The number of hydrogen-bond donors (Lipinski definition) is 4. The Hall–Kier alpha value is -4.30. The summed E-state index contributed by atoms with van der Waals surface area (Å²) in [7, 11) is 0. The summed E-state index contributed by atoms with van der Waals surface area (Å²) in [4.78, 5) is 27.5. The topological polar surface area (TPSA) is 94.2 Å². The highest BCUT2D eigenvalue weighted by Gasteiger charge is 2.19. The molecule has 0 atom stereocenters. The first-order chi connectivity index (χ1) is 17.0. The van der Waals surface area contributed by atoms with Gasteiger partial charge in [0.25, 0.3) is 11.8 Å². The number of halogens is 2. The van der Waals surface area contributed by atoms with Gasteiger partial charge in [0.1, 0.15) is 5.69 Å². The number of rotatable bonds is 6. The van der Waals surface area contributed by atoms with Gasteiger partial charge in [-0.1, -0.05) is 62.4 Å². The number of hydrogen-bond acceptors (Lipinski definition) is 3. The molecule has 0 unspecified atom stereocenters. The number of benzene rings is 3. The highest BCUT2D eigenvalue weighted by atomic mass is 19.2. The monoisotopic (exact) mass is 477 g/mol. The Morgan fingerprint density at radius 1 is 0.829 bits per heavy atom. The van der Waals surface area contributed by atoms with E-state index >= 15 is 0 Å². The van der Waals surface area contributed by atoms with Crippen molar-refractivity contribution in [1.82, 2.24) is 15.8 Å². The molecule has 1 aromatic heterocycles. The number of aromatic amines is 1. The molecule has 0 radical (unpaired) electrons. The van der Waals surface area contributed by atoms with Crippen molar-refractivity contribution in [3.8, 4) is 22.4 Å². The molecule has 6 nitrogen and oxygen atoms in total. The first-order valence-corrected chi connectivity index (χ1v) is 11.0. The summed E-state index contributed by atoms with van der Waals surface area (Å²) in [6, 6.07) is 20.8. The van der Waals surface area contributed by atoms with Crippen molar-refractivity contribution < 1.29 is 23.6 Å². The van der Waals surface area contributed by atoms with E-state index in [4.69, 9.17) is 5.21 Å². The van der Waals surface area contributed by atoms with Gasteiger partial charge in [-0.2, -0.15) is 0 Å². The molecule has 0 bridgehead atoms. The van der Waals surface area contributed by atoms with Gasteiger partial charge in [0, 0.05) is 23.4 Å². The molecule has 3 aromatic carbocycles. The normalized spacial score (nSPS) is 10.2. The Balaban J connectivity index is 0.00000167. The van der Waals surface area contributed by atoms with Crippen LogP contribution in [0, 0.1) is 11.6 Å². The van der Waals surface area contributed by atoms with Crippen molar-refractivity contribution in [2.75, 3.05) is 0 Å². The standard InChI is InChI=1S/C25H19F2N3O3.C2H6/c26-20-11-10-18(12-21(20)27)19-13-22(16-4-2-1-3-5-16)29-23(19)25(32)28-14-15-6-8-17(9-7-15)24(31)30-33;1-2/h1-13,29,33H,14H2,(H,28,32)(H,30,31);1-2H3. The highest BCUT2D eigenvalue weighted by molar-refractivity contribution is 6.00. The minimum absolute atomic E-state index is 0.163. The molecule has 0 spiro atoms. The molecular formula is C27H25F2N3O3.